The largest absolute Gasteiger partial charge is 0.508 e. The van der Waals surface area contributed by atoms with Gasteiger partial charge in [0.25, 0.3) is 5.56 Å². The Hall–Kier alpha value is -7.21. The Labute approximate surface area is 386 Å². The molecular formula is C49H56N10O8. The maximum Gasteiger partial charge on any atom is 0.409 e. The van der Waals surface area contributed by atoms with Crippen LogP contribution in [0.1, 0.15) is 82.0 Å². The van der Waals surface area contributed by atoms with E-state index in [1.54, 1.807) is 34.9 Å². The van der Waals surface area contributed by atoms with Crippen LogP contribution in [0.25, 0.3) is 50.1 Å². The molecule has 1 aliphatic carbocycles. The topological polar surface area (TPSA) is 231 Å². The molecule has 0 unspecified atom stereocenters. The normalized spacial score (nSPS) is 16.9. The number of piperidine rings is 1. The average Bonchev–Trinajstić information content (AvgIpc) is 3.92. The van der Waals surface area contributed by atoms with Crippen molar-refractivity contribution in [2.45, 2.75) is 90.3 Å². The zero-order valence-electron chi connectivity index (χ0n) is 38.1. The van der Waals surface area contributed by atoms with Crippen molar-refractivity contribution in [1.29, 1.82) is 0 Å². The number of nitrogens with zero attached hydrogens (tertiary/aromatic N) is 9. The molecule has 0 bridgehead atoms. The molecule has 0 radical (unpaired) electrons. The Morgan fingerprint density at radius 3 is 2.42 bits per heavy atom. The summed E-state index contributed by atoms with van der Waals surface area (Å²) in [5, 5.41) is 41.6. The lowest BCUT2D eigenvalue weighted by atomic mass is 9.92. The Balaban J connectivity index is 0.738. The molecule has 350 valence electrons. The van der Waals surface area contributed by atoms with Gasteiger partial charge in [-0.2, -0.15) is 4.98 Å². The third-order valence-corrected chi connectivity index (χ3v) is 13.3. The number of nitrogens with two attached hydrogens (primary N) is 1. The molecule has 1 saturated carbocycles. The van der Waals surface area contributed by atoms with Crippen LogP contribution in [0.4, 0.5) is 10.7 Å². The van der Waals surface area contributed by atoms with Crippen LogP contribution in [0.2, 0.25) is 0 Å². The fourth-order valence-corrected chi connectivity index (χ4v) is 9.65. The maximum atomic E-state index is 14.1. The first-order chi connectivity index (χ1) is 32.4. The number of phenols is 2. The predicted octanol–water partition coefficient (Wildman–Crippen LogP) is 7.63. The summed E-state index contributed by atoms with van der Waals surface area (Å²) in [6.45, 7) is 8.27. The Bertz CT molecular complexity index is 2980. The maximum absolute atomic E-state index is 14.1. The molecule has 67 heavy (non-hydrogen) atoms. The van der Waals surface area contributed by atoms with Crippen LogP contribution in [0, 0.1) is 12.8 Å². The summed E-state index contributed by atoms with van der Waals surface area (Å²) >= 11 is 0. The summed E-state index contributed by atoms with van der Waals surface area (Å²) in [6.07, 6.45) is 8.93. The highest BCUT2D eigenvalue weighted by Crippen LogP contribution is 2.40. The fourth-order valence-electron chi connectivity index (χ4n) is 9.65. The molecule has 1 aliphatic heterocycles. The van der Waals surface area contributed by atoms with E-state index >= 15 is 0 Å². The van der Waals surface area contributed by atoms with Crippen LogP contribution in [-0.2, 0) is 16.0 Å². The standard InChI is InChI=1S/C49H56N10O8/c1-28(2)36-24-39(42(61)26-41(36)60)45-54-55-48(63)59(45)34-8-11-40-31(23-34)16-20-56(40)17-13-30-14-18-57(19-15-30)49(64)67-22-21-66-35-9-6-33(7-10-35)58-44-37(29(3)52-47(50)53-44)25-38(46(58)62)32-5-12-43(65-4)51-27-32/h5,8,11-12,16,20,23-28,30,33,35,60-61H,6-7,9-10,13-15,17-19,21-22H2,1-4H3,(H,55,63)(H2,50,52,53)/t33-,35-. The number of ether oxygens (including phenoxy) is 3. The quantitative estimate of drug-likeness (QED) is 0.0815. The predicted molar refractivity (Wildman–Crippen MR) is 252 cm³/mol. The first-order valence-electron chi connectivity index (χ1n) is 22.9. The van der Waals surface area contributed by atoms with Crippen LogP contribution in [-0.4, -0.2) is 105 Å². The number of methoxy groups -OCH3 is 1. The molecule has 0 spiro atoms. The number of benzene rings is 2. The van der Waals surface area contributed by atoms with Gasteiger partial charge in [-0.1, -0.05) is 18.9 Å². The third kappa shape index (κ3) is 9.17. The van der Waals surface area contributed by atoms with Gasteiger partial charge in [0.05, 0.1) is 36.8 Å². The number of hydrogen-bond acceptors (Lipinski definition) is 14. The molecule has 0 atom stereocenters. The van der Waals surface area contributed by atoms with Crippen molar-refractivity contribution < 1.29 is 34.3 Å². The molecule has 18 nitrogen and oxygen atoms in total. The summed E-state index contributed by atoms with van der Waals surface area (Å²) in [7, 11) is 1.55. The number of anilines is 1. The minimum absolute atomic E-state index is 0.00552. The number of hydrogen-bond donors (Lipinski definition) is 4. The second-order valence-corrected chi connectivity index (χ2v) is 17.9. The molecule has 1 amide bonds. The van der Waals surface area contributed by atoms with Crippen molar-refractivity contribution in [1.82, 2.24) is 43.8 Å². The van der Waals surface area contributed by atoms with Crippen LogP contribution >= 0.6 is 0 Å². The number of amides is 1. The number of fused-ring (bicyclic) bond motifs is 2. The zero-order chi connectivity index (χ0) is 46.9. The van der Waals surface area contributed by atoms with Crippen molar-refractivity contribution in [2.24, 2.45) is 5.92 Å². The van der Waals surface area contributed by atoms with E-state index in [0.717, 1.165) is 54.9 Å². The summed E-state index contributed by atoms with van der Waals surface area (Å²) < 4.78 is 22.5. The second kappa shape index (κ2) is 18.9. The minimum Gasteiger partial charge on any atom is -0.508 e. The van der Waals surface area contributed by atoms with E-state index in [1.165, 1.54) is 10.6 Å². The van der Waals surface area contributed by atoms with Crippen molar-refractivity contribution in [3.8, 4) is 51.6 Å². The second-order valence-electron chi connectivity index (χ2n) is 17.9. The fraction of sp³-hybridized carbons (Fsp3) is 0.408. The number of carbonyl (C=O) groups is 1. The Morgan fingerprint density at radius 1 is 0.896 bits per heavy atom. The molecule has 1 saturated heterocycles. The number of nitrogen functional groups attached to an aromatic ring is 1. The highest BCUT2D eigenvalue weighted by molar-refractivity contribution is 5.85. The zero-order valence-corrected chi connectivity index (χ0v) is 38.1. The highest BCUT2D eigenvalue weighted by atomic mass is 16.6. The molecule has 5 N–H and O–H groups in total. The van der Waals surface area contributed by atoms with Gasteiger partial charge in [-0.3, -0.25) is 9.36 Å². The third-order valence-electron chi connectivity index (χ3n) is 13.3. The van der Waals surface area contributed by atoms with E-state index < -0.39 is 0 Å². The lowest BCUT2D eigenvalue weighted by molar-refractivity contribution is -0.00822. The van der Waals surface area contributed by atoms with Crippen molar-refractivity contribution >= 4 is 34.0 Å². The lowest BCUT2D eigenvalue weighted by Gasteiger charge is -2.32. The Morgan fingerprint density at radius 2 is 1.69 bits per heavy atom. The summed E-state index contributed by atoms with van der Waals surface area (Å²) in [5.74, 6) is 1.10. The van der Waals surface area contributed by atoms with E-state index in [1.807, 2.05) is 57.2 Å². The van der Waals surface area contributed by atoms with Crippen LogP contribution in [0.15, 0.2) is 71.8 Å². The molecule has 6 heterocycles. The number of pyridine rings is 2. The lowest BCUT2D eigenvalue weighted by Crippen LogP contribution is -2.39. The van der Waals surface area contributed by atoms with Gasteiger partial charge in [-0.15, -0.1) is 5.10 Å². The smallest absolute Gasteiger partial charge is 0.409 e. The molecule has 2 fully saturated rings. The molecule has 7 aromatic rings. The van der Waals surface area contributed by atoms with Crippen LogP contribution in [0.3, 0.4) is 0 Å². The molecule has 2 aromatic carbocycles. The number of aromatic hydroxyl groups is 3. The van der Waals surface area contributed by atoms with Gasteiger partial charge in [0, 0.05) is 77.6 Å². The number of carbonyl (C=O) groups excluding carboxylic acids is 1. The number of likely N-dealkylation sites (tertiary alicyclic amines) is 1. The van der Waals surface area contributed by atoms with Crippen molar-refractivity contribution in [2.75, 3.05) is 39.1 Å². The van der Waals surface area contributed by atoms with E-state index in [2.05, 4.69) is 35.9 Å². The first-order valence-corrected chi connectivity index (χ1v) is 22.9. The summed E-state index contributed by atoms with van der Waals surface area (Å²) in [4.78, 5) is 42.1. The summed E-state index contributed by atoms with van der Waals surface area (Å²) in [5.41, 5.74) is 11.0. The van der Waals surface area contributed by atoms with Gasteiger partial charge in [0.1, 0.15) is 23.8 Å². The van der Waals surface area contributed by atoms with Gasteiger partial charge in [-0.25, -0.2) is 19.3 Å². The van der Waals surface area contributed by atoms with Crippen molar-refractivity contribution in [3.05, 3.63) is 88.6 Å². The van der Waals surface area contributed by atoms with Crippen LogP contribution in [0.5, 0.6) is 23.4 Å². The molecule has 18 heteroatoms. The van der Waals surface area contributed by atoms with E-state index in [-0.39, 0.29) is 65.6 Å². The molecular weight excluding hydrogens is 857 g/mol. The highest BCUT2D eigenvalue weighted by Gasteiger charge is 2.29. The van der Waals surface area contributed by atoms with E-state index in [9.17, 15) is 24.9 Å². The van der Waals surface area contributed by atoms with Gasteiger partial charge >= 0.3 is 12.1 Å². The van der Waals surface area contributed by atoms with Gasteiger partial charge in [0.15, 0.2) is 5.82 Å². The first kappa shape index (κ1) is 45.0. The minimum atomic E-state index is -0.323. The molecule has 5 aromatic heterocycles. The van der Waals surface area contributed by atoms with Gasteiger partial charge in [0.2, 0.25) is 11.8 Å². The number of aromatic nitrogens is 8. The monoisotopic (exact) mass is 912 g/mol. The molecule has 9 rings (SSSR count). The number of rotatable bonds is 13. The Kier molecular flexibility index (Phi) is 12.7. The van der Waals surface area contributed by atoms with E-state index in [4.69, 9.17) is 19.9 Å². The average molecular weight is 913 g/mol. The van der Waals surface area contributed by atoms with E-state index in [0.29, 0.717) is 83.6 Å². The van der Waals surface area contributed by atoms with Gasteiger partial charge in [-0.05, 0) is 112 Å². The van der Waals surface area contributed by atoms with Crippen LogP contribution < -0.4 is 16.0 Å². The number of phenolic OH excluding ortho intramolecular Hbond substituents is 2. The van der Waals surface area contributed by atoms with Crippen molar-refractivity contribution in [3.63, 3.8) is 0 Å². The summed E-state index contributed by atoms with van der Waals surface area (Å²) in [6, 6.07) is 15.8. The number of aryl methyl sites for hydroxylation is 2. The van der Waals surface area contributed by atoms with Gasteiger partial charge < -0.3 is 44.7 Å². The SMILES string of the molecule is COc1ccc(-c2cc3c(C)nc(N)nc3n([C@H]3CC[C@H](OCCOC(=O)N4CCC(CCn5ccc6cc(-n7c(O)nnc7-c7cc(C(C)C)c(O)cc7O)ccc65)CC4)CC3)c2=O)cn1. The molecule has 2 aliphatic rings.